The summed E-state index contributed by atoms with van der Waals surface area (Å²) in [6, 6.07) is 7.73. The van der Waals surface area contributed by atoms with E-state index in [0.29, 0.717) is 18.7 Å². The molecular weight excluding hydrogens is 332 g/mol. The Balaban J connectivity index is 1.54. The van der Waals surface area contributed by atoms with E-state index in [4.69, 9.17) is 0 Å². The van der Waals surface area contributed by atoms with Crippen molar-refractivity contribution in [2.24, 2.45) is 5.92 Å². The van der Waals surface area contributed by atoms with Gasteiger partial charge >= 0.3 is 0 Å². The van der Waals surface area contributed by atoms with Crippen LogP contribution in [0, 0.1) is 5.92 Å². The van der Waals surface area contributed by atoms with E-state index in [1.807, 2.05) is 29.2 Å². The van der Waals surface area contributed by atoms with E-state index >= 15 is 0 Å². The van der Waals surface area contributed by atoms with Crippen molar-refractivity contribution in [2.45, 2.75) is 31.7 Å². The zero-order valence-electron chi connectivity index (χ0n) is 11.8. The highest BCUT2D eigenvalue weighted by Gasteiger charge is 2.32. The van der Waals surface area contributed by atoms with Gasteiger partial charge < -0.3 is 10.2 Å². The van der Waals surface area contributed by atoms with Crippen molar-refractivity contribution in [3.63, 3.8) is 0 Å². The summed E-state index contributed by atoms with van der Waals surface area (Å²) in [7, 11) is 0. The summed E-state index contributed by atoms with van der Waals surface area (Å²) in [6.07, 6.45) is 3.75. The number of rotatable bonds is 3. The molecule has 112 valence electrons. The molecule has 0 atom stereocenters. The predicted octanol–water partition coefficient (Wildman–Crippen LogP) is 2.58. The van der Waals surface area contributed by atoms with Crippen molar-refractivity contribution in [3.8, 4) is 0 Å². The normalized spacial score (nSPS) is 19.4. The second kappa shape index (κ2) is 6.18. The molecular formula is C16H19BrN2O2. The number of likely N-dealkylation sites (tertiary alicyclic amines) is 1. The van der Waals surface area contributed by atoms with Gasteiger partial charge in [-0.1, -0.05) is 12.1 Å². The number of hydrogen-bond donors (Lipinski definition) is 1. The zero-order chi connectivity index (χ0) is 14.8. The second-order valence-corrected chi connectivity index (χ2v) is 6.68. The molecule has 0 spiro atoms. The lowest BCUT2D eigenvalue weighted by molar-refractivity contribution is -0.123. The van der Waals surface area contributed by atoms with E-state index in [0.717, 1.165) is 30.2 Å². The molecule has 5 heteroatoms. The van der Waals surface area contributed by atoms with Gasteiger partial charge in [-0.25, -0.2) is 0 Å². The molecule has 1 aromatic rings. The van der Waals surface area contributed by atoms with Gasteiger partial charge in [-0.2, -0.15) is 0 Å². The summed E-state index contributed by atoms with van der Waals surface area (Å²) in [4.78, 5) is 26.1. The Morgan fingerprint density at radius 3 is 2.38 bits per heavy atom. The van der Waals surface area contributed by atoms with E-state index in [-0.39, 0.29) is 23.8 Å². The molecule has 1 aromatic carbocycles. The van der Waals surface area contributed by atoms with E-state index in [2.05, 4.69) is 21.2 Å². The fraction of sp³-hybridized carbons (Fsp3) is 0.500. The van der Waals surface area contributed by atoms with Crippen molar-refractivity contribution in [2.75, 3.05) is 13.1 Å². The number of carbonyl (C=O) groups excluding carboxylic acids is 2. The summed E-state index contributed by atoms with van der Waals surface area (Å²) < 4.78 is 0.833. The first-order chi connectivity index (χ1) is 10.1. The van der Waals surface area contributed by atoms with Gasteiger partial charge in [0.2, 0.25) is 5.91 Å². The third kappa shape index (κ3) is 3.46. The van der Waals surface area contributed by atoms with Crippen molar-refractivity contribution in [1.29, 1.82) is 0 Å². The Labute approximate surface area is 133 Å². The van der Waals surface area contributed by atoms with Gasteiger partial charge in [-0.05, 0) is 53.7 Å². The number of amides is 2. The van der Waals surface area contributed by atoms with Gasteiger partial charge in [0.25, 0.3) is 5.91 Å². The zero-order valence-corrected chi connectivity index (χ0v) is 13.4. The van der Waals surface area contributed by atoms with Crippen LogP contribution < -0.4 is 5.32 Å². The minimum absolute atomic E-state index is 0.0643. The quantitative estimate of drug-likeness (QED) is 0.910. The van der Waals surface area contributed by atoms with Crippen LogP contribution in [-0.4, -0.2) is 35.8 Å². The van der Waals surface area contributed by atoms with Crippen LogP contribution in [0.25, 0.3) is 0 Å². The standard InChI is InChI=1S/C16H19BrN2O2/c17-14-4-2-1-3-13(14)16(21)19-9-7-12(8-10-19)18-15(20)11-5-6-11/h1-4,11-12H,5-10H2,(H,18,20). The van der Waals surface area contributed by atoms with E-state index < -0.39 is 0 Å². The molecule has 1 heterocycles. The molecule has 2 fully saturated rings. The van der Waals surface area contributed by atoms with E-state index in [1.165, 1.54) is 0 Å². The minimum atomic E-state index is 0.0643. The van der Waals surface area contributed by atoms with Crippen molar-refractivity contribution in [3.05, 3.63) is 34.3 Å². The van der Waals surface area contributed by atoms with Crippen molar-refractivity contribution in [1.82, 2.24) is 10.2 Å². The Bertz CT molecular complexity index is 549. The van der Waals surface area contributed by atoms with Crippen LogP contribution >= 0.6 is 15.9 Å². The molecule has 1 saturated heterocycles. The first-order valence-corrected chi connectivity index (χ1v) is 8.28. The fourth-order valence-corrected chi connectivity index (χ4v) is 3.15. The third-order valence-electron chi connectivity index (χ3n) is 4.18. The molecule has 0 bridgehead atoms. The maximum Gasteiger partial charge on any atom is 0.254 e. The van der Waals surface area contributed by atoms with Gasteiger partial charge in [0.1, 0.15) is 0 Å². The summed E-state index contributed by atoms with van der Waals surface area (Å²) in [5.74, 6) is 0.518. The lowest BCUT2D eigenvalue weighted by Gasteiger charge is -2.32. The highest BCUT2D eigenvalue weighted by Crippen LogP contribution is 2.29. The molecule has 0 radical (unpaired) electrons. The molecule has 1 aliphatic carbocycles. The monoisotopic (exact) mass is 350 g/mol. The maximum absolute atomic E-state index is 12.5. The Kier molecular flexibility index (Phi) is 4.29. The van der Waals surface area contributed by atoms with Gasteiger partial charge in [0.05, 0.1) is 5.56 Å². The Hall–Kier alpha value is -1.36. The summed E-state index contributed by atoms with van der Waals surface area (Å²) in [6.45, 7) is 1.41. The Morgan fingerprint density at radius 1 is 1.10 bits per heavy atom. The minimum Gasteiger partial charge on any atom is -0.353 e. The first kappa shape index (κ1) is 14.6. The number of hydrogen-bond acceptors (Lipinski definition) is 2. The second-order valence-electron chi connectivity index (χ2n) is 5.83. The average molecular weight is 351 g/mol. The van der Waals surface area contributed by atoms with E-state index in [9.17, 15) is 9.59 Å². The number of nitrogens with one attached hydrogen (secondary N) is 1. The number of benzene rings is 1. The molecule has 2 amide bonds. The molecule has 2 aliphatic rings. The highest BCUT2D eigenvalue weighted by atomic mass is 79.9. The largest absolute Gasteiger partial charge is 0.353 e. The van der Waals surface area contributed by atoms with Crippen LogP contribution in [0.1, 0.15) is 36.0 Å². The summed E-state index contributed by atoms with van der Waals surface area (Å²) in [5.41, 5.74) is 0.706. The van der Waals surface area contributed by atoms with Gasteiger partial charge in [-0.15, -0.1) is 0 Å². The number of carbonyl (C=O) groups is 2. The molecule has 0 unspecified atom stereocenters. The molecule has 1 aliphatic heterocycles. The van der Waals surface area contributed by atoms with Gasteiger partial charge in [-0.3, -0.25) is 9.59 Å². The lowest BCUT2D eigenvalue weighted by atomic mass is 10.0. The van der Waals surface area contributed by atoms with Crippen LogP contribution in [0.5, 0.6) is 0 Å². The summed E-state index contributed by atoms with van der Waals surface area (Å²) in [5, 5.41) is 3.11. The van der Waals surface area contributed by atoms with Gasteiger partial charge in [0, 0.05) is 29.5 Å². The molecule has 4 nitrogen and oxygen atoms in total. The van der Waals surface area contributed by atoms with Gasteiger partial charge in [0.15, 0.2) is 0 Å². The van der Waals surface area contributed by atoms with Crippen LogP contribution in [-0.2, 0) is 4.79 Å². The van der Waals surface area contributed by atoms with E-state index in [1.54, 1.807) is 0 Å². The predicted molar refractivity (Wildman–Crippen MR) is 83.9 cm³/mol. The lowest BCUT2D eigenvalue weighted by Crippen LogP contribution is -2.47. The molecule has 3 rings (SSSR count). The number of nitrogens with zero attached hydrogens (tertiary/aromatic N) is 1. The van der Waals surface area contributed by atoms with Crippen LogP contribution in [0.15, 0.2) is 28.7 Å². The molecule has 0 aromatic heterocycles. The van der Waals surface area contributed by atoms with Crippen molar-refractivity contribution >= 4 is 27.7 Å². The average Bonchev–Trinajstić information content (AvgIpc) is 3.32. The smallest absolute Gasteiger partial charge is 0.254 e. The molecule has 21 heavy (non-hydrogen) atoms. The number of piperidine rings is 1. The number of halogens is 1. The Morgan fingerprint density at radius 2 is 1.76 bits per heavy atom. The van der Waals surface area contributed by atoms with Crippen LogP contribution in [0.2, 0.25) is 0 Å². The first-order valence-electron chi connectivity index (χ1n) is 7.49. The highest BCUT2D eigenvalue weighted by molar-refractivity contribution is 9.10. The SMILES string of the molecule is O=C(NC1CCN(C(=O)c2ccccc2Br)CC1)C1CC1. The topological polar surface area (TPSA) is 49.4 Å². The maximum atomic E-state index is 12.5. The third-order valence-corrected chi connectivity index (χ3v) is 4.87. The molecule has 1 saturated carbocycles. The van der Waals surface area contributed by atoms with Crippen LogP contribution in [0.4, 0.5) is 0 Å². The fourth-order valence-electron chi connectivity index (χ4n) is 2.70. The van der Waals surface area contributed by atoms with Crippen LogP contribution in [0.3, 0.4) is 0 Å². The molecule has 1 N–H and O–H groups in total. The summed E-state index contributed by atoms with van der Waals surface area (Å²) >= 11 is 3.43. The van der Waals surface area contributed by atoms with Crippen molar-refractivity contribution < 1.29 is 9.59 Å².